The number of aliphatic hydroxyl groups is 1. The zero-order valence-electron chi connectivity index (χ0n) is 15.5. The molecule has 5 nitrogen and oxygen atoms in total. The van der Waals surface area contributed by atoms with E-state index < -0.39 is 11.6 Å². The van der Waals surface area contributed by atoms with Crippen molar-refractivity contribution in [2.45, 2.75) is 31.4 Å². The van der Waals surface area contributed by atoms with Crippen molar-refractivity contribution in [1.29, 1.82) is 0 Å². The average Bonchev–Trinajstić information content (AvgIpc) is 2.66. The van der Waals surface area contributed by atoms with Crippen LogP contribution in [0.15, 0.2) is 54.6 Å². The van der Waals surface area contributed by atoms with E-state index in [0.29, 0.717) is 19.6 Å². The third-order valence-corrected chi connectivity index (χ3v) is 4.85. The number of hydrogen-bond donors (Lipinski definition) is 3. The summed E-state index contributed by atoms with van der Waals surface area (Å²) in [6.45, 7) is 3.76. The van der Waals surface area contributed by atoms with Crippen molar-refractivity contribution in [3.8, 4) is 5.75 Å². The number of rotatable bonds is 6. The molecule has 0 bridgehead atoms. The Morgan fingerprint density at radius 2 is 1.93 bits per heavy atom. The van der Waals surface area contributed by atoms with Crippen molar-refractivity contribution in [1.82, 2.24) is 10.6 Å². The molecule has 1 saturated heterocycles. The minimum atomic E-state index is -0.755. The van der Waals surface area contributed by atoms with Crippen LogP contribution in [0.25, 0.3) is 0 Å². The molecule has 1 aliphatic heterocycles. The van der Waals surface area contributed by atoms with E-state index in [1.807, 2.05) is 61.5 Å². The van der Waals surface area contributed by atoms with Crippen LogP contribution >= 0.6 is 12.4 Å². The highest BCUT2D eigenvalue weighted by molar-refractivity contribution is 5.85. The first kappa shape index (κ1) is 21.2. The zero-order valence-corrected chi connectivity index (χ0v) is 16.3. The molecule has 0 unspecified atom stereocenters. The fourth-order valence-electron chi connectivity index (χ4n) is 3.50. The Balaban J connectivity index is 0.00000261. The highest BCUT2D eigenvalue weighted by Gasteiger charge is 2.42. The summed E-state index contributed by atoms with van der Waals surface area (Å²) >= 11 is 0. The van der Waals surface area contributed by atoms with Gasteiger partial charge in [0.05, 0.1) is 24.7 Å². The number of β-amino-alcohol motifs (C(OH)–C–C–N with tert-alkyl or cyclic N) is 1. The topological polar surface area (TPSA) is 70.6 Å². The third-order valence-electron chi connectivity index (χ3n) is 4.85. The van der Waals surface area contributed by atoms with Gasteiger partial charge in [-0.15, -0.1) is 12.4 Å². The van der Waals surface area contributed by atoms with Crippen LogP contribution < -0.4 is 15.4 Å². The summed E-state index contributed by atoms with van der Waals surface area (Å²) in [6.07, 6.45) is 0.233. The van der Waals surface area contributed by atoms with Gasteiger partial charge in [-0.2, -0.15) is 0 Å². The molecule has 1 amide bonds. The van der Waals surface area contributed by atoms with E-state index in [9.17, 15) is 9.90 Å². The molecule has 2 aromatic carbocycles. The quantitative estimate of drug-likeness (QED) is 0.708. The molecular formula is C21H27ClN2O3. The summed E-state index contributed by atoms with van der Waals surface area (Å²) < 4.78 is 5.43. The number of hydrogen-bond acceptors (Lipinski definition) is 4. The van der Waals surface area contributed by atoms with Crippen LogP contribution in [0, 0.1) is 0 Å². The van der Waals surface area contributed by atoms with Crippen LogP contribution in [-0.4, -0.2) is 36.8 Å². The van der Waals surface area contributed by atoms with Crippen molar-refractivity contribution < 1.29 is 14.6 Å². The molecule has 1 aliphatic rings. The molecule has 6 heteroatoms. The summed E-state index contributed by atoms with van der Waals surface area (Å²) in [5, 5.41) is 17.0. The van der Waals surface area contributed by atoms with E-state index in [0.717, 1.165) is 23.4 Å². The van der Waals surface area contributed by atoms with E-state index in [4.69, 9.17) is 4.74 Å². The van der Waals surface area contributed by atoms with Crippen LogP contribution in [0.3, 0.4) is 0 Å². The lowest BCUT2D eigenvalue weighted by Crippen LogP contribution is -2.61. The molecule has 0 aromatic heterocycles. The SMILES string of the molecule is CCOc1ccc(CC(=O)N[C@]2(c3ccccc3)CCNC[C@H]2O)cc1.Cl. The van der Waals surface area contributed by atoms with Gasteiger partial charge in [0.2, 0.25) is 5.91 Å². The molecule has 2 atom stereocenters. The second-order valence-electron chi connectivity index (χ2n) is 6.61. The minimum Gasteiger partial charge on any atom is -0.494 e. The monoisotopic (exact) mass is 390 g/mol. The van der Waals surface area contributed by atoms with E-state index in [-0.39, 0.29) is 24.7 Å². The average molecular weight is 391 g/mol. The van der Waals surface area contributed by atoms with E-state index >= 15 is 0 Å². The van der Waals surface area contributed by atoms with Gasteiger partial charge in [0, 0.05) is 6.54 Å². The Kier molecular flexibility index (Phi) is 7.66. The van der Waals surface area contributed by atoms with Crippen LogP contribution in [0.1, 0.15) is 24.5 Å². The van der Waals surface area contributed by atoms with Gasteiger partial charge in [-0.05, 0) is 43.1 Å². The van der Waals surface area contributed by atoms with Crippen molar-refractivity contribution in [2.24, 2.45) is 0 Å². The maximum absolute atomic E-state index is 12.7. The number of halogens is 1. The highest BCUT2D eigenvalue weighted by atomic mass is 35.5. The number of piperidine rings is 1. The van der Waals surface area contributed by atoms with Crippen LogP contribution in [0.2, 0.25) is 0 Å². The second kappa shape index (κ2) is 9.74. The fourth-order valence-corrected chi connectivity index (χ4v) is 3.50. The lowest BCUT2D eigenvalue weighted by Gasteiger charge is -2.43. The molecular weight excluding hydrogens is 364 g/mol. The van der Waals surface area contributed by atoms with Crippen LogP contribution in [0.5, 0.6) is 5.75 Å². The maximum atomic E-state index is 12.7. The second-order valence-corrected chi connectivity index (χ2v) is 6.61. The summed E-state index contributed by atoms with van der Waals surface area (Å²) in [5.41, 5.74) is 1.10. The molecule has 146 valence electrons. The minimum absolute atomic E-state index is 0. The van der Waals surface area contributed by atoms with E-state index in [1.165, 1.54) is 0 Å². The highest BCUT2D eigenvalue weighted by Crippen LogP contribution is 2.31. The smallest absolute Gasteiger partial charge is 0.225 e. The largest absolute Gasteiger partial charge is 0.494 e. The lowest BCUT2D eigenvalue weighted by atomic mass is 9.79. The summed E-state index contributed by atoms with van der Waals surface area (Å²) in [4.78, 5) is 12.7. The number of ether oxygens (including phenoxy) is 1. The van der Waals surface area contributed by atoms with Gasteiger partial charge in [-0.25, -0.2) is 0 Å². The summed E-state index contributed by atoms with van der Waals surface area (Å²) in [6, 6.07) is 17.3. The Bertz CT molecular complexity index is 724. The molecule has 1 heterocycles. The number of aliphatic hydroxyl groups excluding tert-OH is 1. The molecule has 2 aromatic rings. The van der Waals surface area contributed by atoms with Crippen molar-refractivity contribution in [3.05, 3.63) is 65.7 Å². The third kappa shape index (κ3) is 5.01. The summed E-state index contributed by atoms with van der Waals surface area (Å²) in [5.74, 6) is 0.699. The number of carbonyl (C=O) groups is 1. The van der Waals surface area contributed by atoms with Crippen LogP contribution in [-0.2, 0) is 16.8 Å². The Morgan fingerprint density at radius 3 is 2.56 bits per heavy atom. The molecule has 0 spiro atoms. The molecule has 3 rings (SSSR count). The predicted octanol–water partition coefficient (Wildman–Crippen LogP) is 2.42. The normalized spacial score (nSPS) is 21.8. The van der Waals surface area contributed by atoms with Gasteiger partial charge in [0.1, 0.15) is 5.75 Å². The standard InChI is InChI=1S/C21H26N2O3.ClH/c1-2-26-18-10-8-16(9-11-18)14-20(25)23-21(12-13-22-15-19(21)24)17-6-4-3-5-7-17;/h3-11,19,22,24H,2,12-15H2,1H3,(H,23,25);1H/t19-,21+;/m1./s1. The van der Waals surface area contributed by atoms with E-state index in [1.54, 1.807) is 0 Å². The first-order chi connectivity index (χ1) is 12.6. The van der Waals surface area contributed by atoms with Gasteiger partial charge in [0.15, 0.2) is 0 Å². The molecule has 0 radical (unpaired) electrons. The zero-order chi connectivity index (χ0) is 18.4. The molecule has 27 heavy (non-hydrogen) atoms. The first-order valence-corrected chi connectivity index (χ1v) is 9.11. The van der Waals surface area contributed by atoms with Gasteiger partial charge in [-0.1, -0.05) is 42.5 Å². The molecule has 1 fully saturated rings. The lowest BCUT2D eigenvalue weighted by molar-refractivity contribution is -0.125. The fraction of sp³-hybridized carbons (Fsp3) is 0.381. The summed E-state index contributed by atoms with van der Waals surface area (Å²) in [7, 11) is 0. The Labute approximate surface area is 166 Å². The Morgan fingerprint density at radius 1 is 1.22 bits per heavy atom. The molecule has 0 aliphatic carbocycles. The first-order valence-electron chi connectivity index (χ1n) is 9.11. The van der Waals surface area contributed by atoms with Gasteiger partial charge < -0.3 is 20.5 Å². The van der Waals surface area contributed by atoms with Crippen molar-refractivity contribution in [2.75, 3.05) is 19.7 Å². The van der Waals surface area contributed by atoms with Crippen molar-refractivity contribution in [3.63, 3.8) is 0 Å². The predicted molar refractivity (Wildman–Crippen MR) is 108 cm³/mol. The van der Waals surface area contributed by atoms with E-state index in [2.05, 4.69) is 10.6 Å². The number of nitrogens with one attached hydrogen (secondary N) is 2. The Hall–Kier alpha value is -2.08. The van der Waals surface area contributed by atoms with Crippen LogP contribution in [0.4, 0.5) is 0 Å². The number of amides is 1. The van der Waals surface area contributed by atoms with Gasteiger partial charge in [-0.3, -0.25) is 4.79 Å². The number of benzene rings is 2. The molecule has 3 N–H and O–H groups in total. The van der Waals surface area contributed by atoms with Crippen molar-refractivity contribution >= 4 is 18.3 Å². The molecule has 0 saturated carbocycles. The van der Waals surface area contributed by atoms with Gasteiger partial charge in [0.25, 0.3) is 0 Å². The van der Waals surface area contributed by atoms with Gasteiger partial charge >= 0.3 is 0 Å². The maximum Gasteiger partial charge on any atom is 0.225 e. The number of carbonyl (C=O) groups excluding carboxylic acids is 1.